The number of aromatic nitrogens is 2. The summed E-state index contributed by atoms with van der Waals surface area (Å²) in [5.41, 5.74) is 1.16. The van der Waals surface area contributed by atoms with E-state index >= 15 is 0 Å². The van der Waals surface area contributed by atoms with Crippen molar-refractivity contribution >= 4 is 38.0 Å². The molecule has 1 aliphatic heterocycles. The van der Waals surface area contributed by atoms with E-state index in [9.17, 15) is 4.79 Å². The summed E-state index contributed by atoms with van der Waals surface area (Å²) in [6.07, 6.45) is 2.68. The fourth-order valence-corrected chi connectivity index (χ4v) is 5.13. The van der Waals surface area contributed by atoms with Gasteiger partial charge in [0.2, 0.25) is 0 Å². The number of nitrogens with one attached hydrogen (secondary N) is 1. The SMILES string of the molecule is CN1C[C@H](Nc2nc3sccn3c(=O)c2Br)C[C@H](c2ccc(OCCOCCO)cc2)C1. The second kappa shape index (κ2) is 10.8. The standard InChI is InChI=1S/C22H27BrN4O4S/c1-26-13-16(15-2-4-18(5-3-15)31-10-9-30-8-7-28)12-17(14-26)24-20-19(23)21(29)27-6-11-32-22(27)25-20/h2-6,11,16-17,24,28H,7-10,12-14H2,1H3/t16-,17+/m0/s1. The van der Waals surface area contributed by atoms with Crippen molar-refractivity contribution in [3.8, 4) is 5.75 Å². The largest absolute Gasteiger partial charge is 0.491 e. The molecule has 0 saturated carbocycles. The van der Waals surface area contributed by atoms with Gasteiger partial charge in [-0.25, -0.2) is 4.98 Å². The van der Waals surface area contributed by atoms with Crippen molar-refractivity contribution in [3.05, 3.63) is 56.2 Å². The maximum Gasteiger partial charge on any atom is 0.275 e. The number of piperidine rings is 1. The third-order valence-corrected chi connectivity index (χ3v) is 6.94. The molecule has 32 heavy (non-hydrogen) atoms. The lowest BCUT2D eigenvalue weighted by Gasteiger charge is -2.36. The number of benzene rings is 1. The van der Waals surface area contributed by atoms with Gasteiger partial charge in [-0.05, 0) is 53.0 Å². The number of hydrogen-bond donors (Lipinski definition) is 2. The number of hydrogen-bond acceptors (Lipinski definition) is 8. The van der Waals surface area contributed by atoms with Crippen LogP contribution in [-0.4, -0.2) is 72.0 Å². The molecule has 2 atom stereocenters. The molecule has 2 N–H and O–H groups in total. The number of anilines is 1. The molecule has 0 radical (unpaired) electrons. The molecule has 1 saturated heterocycles. The molecular weight excluding hydrogens is 496 g/mol. The van der Waals surface area contributed by atoms with Crippen LogP contribution in [0.5, 0.6) is 5.75 Å². The predicted octanol–water partition coefficient (Wildman–Crippen LogP) is 2.81. The predicted molar refractivity (Wildman–Crippen MR) is 129 cm³/mol. The Morgan fingerprint density at radius 3 is 2.84 bits per heavy atom. The van der Waals surface area contributed by atoms with Gasteiger partial charge in [-0.1, -0.05) is 12.1 Å². The highest BCUT2D eigenvalue weighted by atomic mass is 79.9. The summed E-state index contributed by atoms with van der Waals surface area (Å²) in [4.78, 5) is 20.2. The number of nitrogens with zero attached hydrogens (tertiary/aromatic N) is 3. The molecular formula is C22H27BrN4O4S. The van der Waals surface area contributed by atoms with Gasteiger partial charge in [0, 0.05) is 30.7 Å². The minimum Gasteiger partial charge on any atom is -0.491 e. The molecule has 1 aliphatic rings. The van der Waals surface area contributed by atoms with Gasteiger partial charge in [-0.2, -0.15) is 0 Å². The highest BCUT2D eigenvalue weighted by Crippen LogP contribution is 2.30. The molecule has 3 aromatic rings. The van der Waals surface area contributed by atoms with Crippen LogP contribution >= 0.6 is 27.3 Å². The third kappa shape index (κ3) is 5.49. The Kier molecular flexibility index (Phi) is 7.80. The number of ether oxygens (including phenoxy) is 2. The quantitative estimate of drug-likeness (QED) is 0.417. The number of aliphatic hydroxyl groups is 1. The number of fused-ring (bicyclic) bond motifs is 1. The van der Waals surface area contributed by atoms with Crippen LogP contribution in [0.25, 0.3) is 4.96 Å². The molecule has 1 fully saturated rings. The van der Waals surface area contributed by atoms with E-state index in [2.05, 4.69) is 50.3 Å². The van der Waals surface area contributed by atoms with E-state index in [0.717, 1.165) is 25.3 Å². The van der Waals surface area contributed by atoms with Gasteiger partial charge >= 0.3 is 0 Å². The molecule has 4 rings (SSSR count). The van der Waals surface area contributed by atoms with E-state index in [1.165, 1.54) is 16.9 Å². The van der Waals surface area contributed by atoms with Gasteiger partial charge < -0.3 is 24.8 Å². The average Bonchev–Trinajstić information content (AvgIpc) is 3.26. The van der Waals surface area contributed by atoms with E-state index in [0.29, 0.717) is 41.0 Å². The number of rotatable bonds is 9. The first kappa shape index (κ1) is 23.2. The maximum atomic E-state index is 12.6. The highest BCUT2D eigenvalue weighted by molar-refractivity contribution is 9.10. The smallest absolute Gasteiger partial charge is 0.275 e. The van der Waals surface area contributed by atoms with Crippen LogP contribution in [0.15, 0.2) is 45.1 Å². The molecule has 0 aliphatic carbocycles. The first-order chi connectivity index (χ1) is 15.5. The van der Waals surface area contributed by atoms with Crippen molar-refractivity contribution in [3.63, 3.8) is 0 Å². The molecule has 3 heterocycles. The van der Waals surface area contributed by atoms with Gasteiger partial charge in [0.05, 0.1) is 19.8 Å². The maximum absolute atomic E-state index is 12.6. The first-order valence-electron chi connectivity index (χ1n) is 10.6. The van der Waals surface area contributed by atoms with Crippen LogP contribution in [0.4, 0.5) is 5.82 Å². The van der Waals surface area contributed by atoms with Crippen LogP contribution in [0.2, 0.25) is 0 Å². The Hall–Kier alpha value is -1.98. The van der Waals surface area contributed by atoms with Crippen molar-refractivity contribution in [2.75, 3.05) is 51.9 Å². The zero-order chi connectivity index (χ0) is 22.5. The van der Waals surface area contributed by atoms with E-state index in [4.69, 9.17) is 14.6 Å². The Bertz CT molecular complexity index is 1090. The van der Waals surface area contributed by atoms with Crippen LogP contribution in [0.1, 0.15) is 17.9 Å². The van der Waals surface area contributed by atoms with Gasteiger partial charge in [-0.3, -0.25) is 9.20 Å². The molecule has 8 nitrogen and oxygen atoms in total. The molecule has 0 amide bonds. The second-order valence-corrected chi connectivity index (χ2v) is 9.55. The van der Waals surface area contributed by atoms with Gasteiger partial charge in [0.25, 0.3) is 5.56 Å². The van der Waals surface area contributed by atoms with E-state index in [1.807, 2.05) is 17.5 Å². The van der Waals surface area contributed by atoms with Gasteiger partial charge in [0.15, 0.2) is 4.96 Å². The molecule has 0 bridgehead atoms. The minimum absolute atomic E-state index is 0.0209. The average molecular weight is 523 g/mol. The molecule has 1 aromatic carbocycles. The lowest BCUT2D eigenvalue weighted by molar-refractivity contribution is 0.0705. The van der Waals surface area contributed by atoms with Crippen molar-refractivity contribution in [2.45, 2.75) is 18.4 Å². The summed E-state index contributed by atoms with van der Waals surface area (Å²) in [5, 5.41) is 14.1. The Labute approximate surface area is 198 Å². The highest BCUT2D eigenvalue weighted by Gasteiger charge is 2.27. The second-order valence-electron chi connectivity index (χ2n) is 7.88. The lowest BCUT2D eigenvalue weighted by atomic mass is 9.88. The fraction of sp³-hybridized carbons (Fsp3) is 0.455. The Morgan fingerprint density at radius 2 is 2.06 bits per heavy atom. The number of likely N-dealkylation sites (N-methyl/N-ethyl adjacent to an activating group) is 1. The number of likely N-dealkylation sites (tertiary alicyclic amines) is 1. The number of thiazole rings is 1. The van der Waals surface area contributed by atoms with Crippen LogP contribution in [-0.2, 0) is 4.74 Å². The topological polar surface area (TPSA) is 88.3 Å². The summed E-state index contributed by atoms with van der Waals surface area (Å²) in [6, 6.07) is 8.38. The van der Waals surface area contributed by atoms with E-state index in [1.54, 1.807) is 10.6 Å². The summed E-state index contributed by atoms with van der Waals surface area (Å²) >= 11 is 4.87. The van der Waals surface area contributed by atoms with E-state index < -0.39 is 0 Å². The molecule has 0 spiro atoms. The molecule has 2 aromatic heterocycles. The van der Waals surface area contributed by atoms with Crippen LogP contribution < -0.4 is 15.6 Å². The van der Waals surface area contributed by atoms with E-state index in [-0.39, 0.29) is 18.2 Å². The lowest BCUT2D eigenvalue weighted by Crippen LogP contribution is -2.43. The number of aliphatic hydroxyl groups excluding tert-OH is 1. The summed E-state index contributed by atoms with van der Waals surface area (Å²) < 4.78 is 12.9. The van der Waals surface area contributed by atoms with Crippen molar-refractivity contribution in [1.82, 2.24) is 14.3 Å². The third-order valence-electron chi connectivity index (χ3n) is 5.47. The summed E-state index contributed by atoms with van der Waals surface area (Å²) in [5.74, 6) is 1.76. The van der Waals surface area contributed by atoms with Crippen molar-refractivity contribution in [2.24, 2.45) is 0 Å². The van der Waals surface area contributed by atoms with Crippen LogP contribution in [0.3, 0.4) is 0 Å². The summed E-state index contributed by atoms with van der Waals surface area (Å²) in [6.45, 7) is 3.10. The normalized spacial score (nSPS) is 19.3. The number of halogens is 1. The zero-order valence-electron chi connectivity index (χ0n) is 17.9. The van der Waals surface area contributed by atoms with Crippen molar-refractivity contribution < 1.29 is 14.6 Å². The fourth-order valence-electron chi connectivity index (χ4n) is 4.04. The van der Waals surface area contributed by atoms with Gasteiger partial charge in [0.1, 0.15) is 22.6 Å². The Morgan fingerprint density at radius 1 is 1.25 bits per heavy atom. The molecule has 10 heteroatoms. The minimum atomic E-state index is -0.100. The van der Waals surface area contributed by atoms with Crippen molar-refractivity contribution in [1.29, 1.82) is 0 Å². The van der Waals surface area contributed by atoms with Crippen LogP contribution in [0, 0.1) is 0 Å². The Balaban J connectivity index is 1.40. The monoisotopic (exact) mass is 522 g/mol. The molecule has 0 unspecified atom stereocenters. The molecule has 172 valence electrons. The zero-order valence-corrected chi connectivity index (χ0v) is 20.3. The van der Waals surface area contributed by atoms with Gasteiger partial charge in [-0.15, -0.1) is 11.3 Å². The first-order valence-corrected chi connectivity index (χ1v) is 12.2. The summed E-state index contributed by atoms with van der Waals surface area (Å²) in [7, 11) is 2.12.